The van der Waals surface area contributed by atoms with Gasteiger partial charge < -0.3 is 9.73 Å². The normalized spacial score (nSPS) is 11.1. The van der Waals surface area contributed by atoms with Crippen LogP contribution in [0.4, 0.5) is 14.6 Å². The van der Waals surface area contributed by atoms with Crippen molar-refractivity contribution in [2.24, 2.45) is 0 Å². The molecule has 1 N–H and O–H groups in total. The molecule has 1 amide bonds. The number of carbonyl (C=O) groups is 2. The van der Waals surface area contributed by atoms with Crippen molar-refractivity contribution in [3.8, 4) is 0 Å². The van der Waals surface area contributed by atoms with Gasteiger partial charge in [-0.2, -0.15) is 5.10 Å². The van der Waals surface area contributed by atoms with E-state index in [4.69, 9.17) is 16.0 Å². The molecule has 0 radical (unpaired) electrons. The van der Waals surface area contributed by atoms with Crippen LogP contribution in [0.3, 0.4) is 0 Å². The van der Waals surface area contributed by atoms with Crippen molar-refractivity contribution in [2.45, 2.75) is 13.5 Å². The second-order valence-electron chi connectivity index (χ2n) is 5.80. The quantitative estimate of drug-likeness (QED) is 0.376. The number of hydrogen-bond acceptors (Lipinski definition) is 4. The van der Waals surface area contributed by atoms with E-state index < -0.39 is 22.6 Å². The predicted molar refractivity (Wildman–Crippen MR) is 99.1 cm³/mol. The molecule has 2 heterocycles. The number of ketones is 1. The highest BCUT2D eigenvalue weighted by Crippen LogP contribution is 2.24. The summed E-state index contributed by atoms with van der Waals surface area (Å²) in [6.45, 7) is 1.67. The molecule has 28 heavy (non-hydrogen) atoms. The number of rotatable bonds is 6. The third-order valence-electron chi connectivity index (χ3n) is 3.70. The van der Waals surface area contributed by atoms with Crippen molar-refractivity contribution in [1.29, 1.82) is 0 Å². The van der Waals surface area contributed by atoms with E-state index in [9.17, 15) is 18.4 Å². The SMILES string of the molecule is CC(=O)c1ccc(Cn2ccc(NC(=O)/C=C/c3c(F)ccc(F)c3Cl)n2)o1. The molecule has 0 aliphatic rings. The average Bonchev–Trinajstić information content (AvgIpc) is 3.28. The number of furan rings is 1. The molecule has 144 valence electrons. The molecule has 6 nitrogen and oxygen atoms in total. The first kappa shape index (κ1) is 19.5. The van der Waals surface area contributed by atoms with Crippen molar-refractivity contribution in [3.05, 3.63) is 76.3 Å². The molecule has 1 aromatic carbocycles. The minimum Gasteiger partial charge on any atom is -0.456 e. The minimum atomic E-state index is -0.785. The van der Waals surface area contributed by atoms with E-state index in [-0.39, 0.29) is 29.5 Å². The second-order valence-corrected chi connectivity index (χ2v) is 6.18. The Hall–Kier alpha value is -3.26. The number of benzene rings is 1. The molecule has 2 aromatic heterocycles. The highest BCUT2D eigenvalue weighted by Gasteiger charge is 2.11. The predicted octanol–water partition coefficient (Wildman–Crippen LogP) is 4.31. The summed E-state index contributed by atoms with van der Waals surface area (Å²) < 4.78 is 34.0. The summed E-state index contributed by atoms with van der Waals surface area (Å²) in [6.07, 6.45) is 3.71. The first-order valence-corrected chi connectivity index (χ1v) is 8.47. The van der Waals surface area contributed by atoms with Crippen LogP contribution < -0.4 is 5.32 Å². The number of nitrogens with zero attached hydrogens (tertiary/aromatic N) is 2. The lowest BCUT2D eigenvalue weighted by atomic mass is 10.2. The highest BCUT2D eigenvalue weighted by molar-refractivity contribution is 6.32. The Morgan fingerprint density at radius 1 is 1.21 bits per heavy atom. The largest absolute Gasteiger partial charge is 0.456 e. The first-order valence-electron chi connectivity index (χ1n) is 8.09. The highest BCUT2D eigenvalue weighted by atomic mass is 35.5. The van der Waals surface area contributed by atoms with Crippen molar-refractivity contribution in [1.82, 2.24) is 9.78 Å². The summed E-state index contributed by atoms with van der Waals surface area (Å²) >= 11 is 5.70. The molecule has 0 bridgehead atoms. The van der Waals surface area contributed by atoms with Crippen LogP contribution in [0.15, 0.2) is 47.0 Å². The van der Waals surface area contributed by atoms with Gasteiger partial charge >= 0.3 is 0 Å². The van der Waals surface area contributed by atoms with Crippen molar-refractivity contribution in [2.75, 3.05) is 5.32 Å². The van der Waals surface area contributed by atoms with Crippen LogP contribution in [-0.2, 0) is 11.3 Å². The number of anilines is 1. The Morgan fingerprint density at radius 2 is 1.96 bits per heavy atom. The lowest BCUT2D eigenvalue weighted by Crippen LogP contribution is -2.09. The molecule has 0 unspecified atom stereocenters. The molecule has 0 fully saturated rings. The number of hydrogen-bond donors (Lipinski definition) is 1. The Balaban J connectivity index is 1.64. The van der Waals surface area contributed by atoms with Gasteiger partial charge in [-0.05, 0) is 30.3 Å². The van der Waals surface area contributed by atoms with Crippen molar-refractivity contribution < 1.29 is 22.8 Å². The fraction of sp³-hybridized carbons (Fsp3) is 0.105. The maximum absolute atomic E-state index is 13.7. The van der Waals surface area contributed by atoms with Crippen LogP contribution in [-0.4, -0.2) is 21.5 Å². The maximum Gasteiger partial charge on any atom is 0.249 e. The third kappa shape index (κ3) is 4.52. The van der Waals surface area contributed by atoms with Gasteiger partial charge in [0.15, 0.2) is 17.4 Å². The minimum absolute atomic E-state index is 0.179. The standard InChI is InChI=1S/C19H14ClF2N3O3/c1-11(26)16-6-2-12(28-16)10-25-9-8-17(24-25)23-18(27)7-3-13-14(21)4-5-15(22)19(13)20/h2-9H,10H2,1H3,(H,23,24,27)/b7-3+. The molecule has 0 aliphatic heterocycles. The molecule has 0 atom stereocenters. The molecule has 9 heteroatoms. The number of Topliss-reactive ketones (excluding diaryl/α,β-unsaturated/α-hetero) is 1. The van der Waals surface area contributed by atoms with Crippen LogP contribution in [0, 0.1) is 11.6 Å². The molecule has 0 saturated carbocycles. The molecule has 0 saturated heterocycles. The summed E-state index contributed by atoms with van der Waals surface area (Å²) in [5.41, 5.74) is -0.221. The number of carbonyl (C=O) groups excluding carboxylic acids is 2. The fourth-order valence-electron chi connectivity index (χ4n) is 2.35. The Kier molecular flexibility index (Phi) is 5.70. The van der Waals surface area contributed by atoms with Crippen molar-refractivity contribution >= 4 is 35.2 Å². The lowest BCUT2D eigenvalue weighted by Gasteiger charge is -2.02. The summed E-state index contributed by atoms with van der Waals surface area (Å²) in [5.74, 6) is -1.27. The van der Waals surface area contributed by atoms with E-state index in [0.29, 0.717) is 5.76 Å². The van der Waals surface area contributed by atoms with E-state index in [0.717, 1.165) is 24.3 Å². The third-order valence-corrected chi connectivity index (χ3v) is 4.08. The van der Waals surface area contributed by atoms with Crippen molar-refractivity contribution in [3.63, 3.8) is 0 Å². The molecule has 3 aromatic rings. The smallest absolute Gasteiger partial charge is 0.249 e. The summed E-state index contributed by atoms with van der Waals surface area (Å²) in [5, 5.41) is 6.24. The number of aromatic nitrogens is 2. The van der Waals surface area contributed by atoms with E-state index in [2.05, 4.69) is 10.4 Å². The molecule has 0 aliphatic carbocycles. The van der Waals surface area contributed by atoms with Gasteiger partial charge in [0.1, 0.15) is 17.4 Å². The molecule has 3 rings (SSSR count). The van der Waals surface area contributed by atoms with Gasteiger partial charge in [0.05, 0.1) is 11.6 Å². The fourth-order valence-corrected chi connectivity index (χ4v) is 2.57. The van der Waals surface area contributed by atoms with Gasteiger partial charge in [-0.3, -0.25) is 14.3 Å². The number of amides is 1. The Morgan fingerprint density at radius 3 is 2.68 bits per heavy atom. The summed E-state index contributed by atoms with van der Waals surface area (Å²) in [4.78, 5) is 23.2. The Labute approximate surface area is 163 Å². The number of halogens is 3. The number of nitrogens with one attached hydrogen (secondary N) is 1. The van der Waals surface area contributed by atoms with Gasteiger partial charge in [0.25, 0.3) is 0 Å². The zero-order valence-corrected chi connectivity index (χ0v) is 15.3. The monoisotopic (exact) mass is 405 g/mol. The van der Waals surface area contributed by atoms with Crippen LogP contribution >= 0.6 is 11.6 Å². The molecule has 0 spiro atoms. The average molecular weight is 406 g/mol. The lowest BCUT2D eigenvalue weighted by molar-refractivity contribution is -0.111. The van der Waals surface area contributed by atoms with E-state index >= 15 is 0 Å². The second kappa shape index (κ2) is 8.18. The van der Waals surface area contributed by atoms with Gasteiger partial charge in [0, 0.05) is 30.8 Å². The summed E-state index contributed by atoms with van der Waals surface area (Å²) in [7, 11) is 0. The van der Waals surface area contributed by atoms with Crippen LogP contribution in [0.25, 0.3) is 6.08 Å². The molecular weight excluding hydrogens is 392 g/mol. The Bertz CT molecular complexity index is 1070. The van der Waals surface area contributed by atoms with Crippen LogP contribution in [0.1, 0.15) is 28.8 Å². The zero-order chi connectivity index (χ0) is 20.3. The van der Waals surface area contributed by atoms with Gasteiger partial charge in [-0.25, -0.2) is 8.78 Å². The first-order chi connectivity index (χ1) is 13.3. The van der Waals surface area contributed by atoms with E-state index in [1.54, 1.807) is 24.4 Å². The van der Waals surface area contributed by atoms with Gasteiger partial charge in [-0.1, -0.05) is 11.6 Å². The van der Waals surface area contributed by atoms with Crippen LogP contribution in [0.2, 0.25) is 5.02 Å². The van der Waals surface area contributed by atoms with Crippen LogP contribution in [0.5, 0.6) is 0 Å². The summed E-state index contributed by atoms with van der Waals surface area (Å²) in [6, 6.07) is 6.62. The molecular formula is C19H14ClF2N3O3. The maximum atomic E-state index is 13.7. The van der Waals surface area contributed by atoms with E-state index in [1.165, 1.54) is 11.6 Å². The van der Waals surface area contributed by atoms with E-state index in [1.807, 2.05) is 0 Å². The van der Waals surface area contributed by atoms with Gasteiger partial charge in [0.2, 0.25) is 5.91 Å². The topological polar surface area (TPSA) is 77.1 Å². The zero-order valence-electron chi connectivity index (χ0n) is 14.6. The van der Waals surface area contributed by atoms with Gasteiger partial charge in [-0.15, -0.1) is 0 Å².